The number of aliphatic hydroxyl groups excluding tert-OH is 1. The zero-order valence-electron chi connectivity index (χ0n) is 12.0. The number of aliphatic hydroxyl groups is 1. The molecule has 3 nitrogen and oxygen atoms in total. The predicted molar refractivity (Wildman–Crippen MR) is 81.3 cm³/mol. The molecule has 1 unspecified atom stereocenters. The number of benzene rings is 1. The Hall–Kier alpha value is -0.870. The molecule has 19 heavy (non-hydrogen) atoms. The molecule has 0 saturated heterocycles. The highest BCUT2D eigenvalue weighted by atomic mass is 79.9. The van der Waals surface area contributed by atoms with Crippen LogP contribution >= 0.6 is 15.9 Å². The number of nitrogens with one attached hydrogen (secondary N) is 1. The van der Waals surface area contributed by atoms with Crippen LogP contribution in [-0.2, 0) is 0 Å². The summed E-state index contributed by atoms with van der Waals surface area (Å²) in [5.74, 6) is -0.163. The molecule has 106 valence electrons. The molecule has 1 amide bonds. The van der Waals surface area contributed by atoms with Crippen LogP contribution in [0.5, 0.6) is 0 Å². The average molecular weight is 328 g/mol. The highest BCUT2D eigenvalue weighted by Gasteiger charge is 2.18. The summed E-state index contributed by atoms with van der Waals surface area (Å²) >= 11 is 3.36. The van der Waals surface area contributed by atoms with E-state index in [2.05, 4.69) is 42.0 Å². The summed E-state index contributed by atoms with van der Waals surface area (Å²) in [7, 11) is 0. The minimum Gasteiger partial charge on any atom is -0.391 e. The van der Waals surface area contributed by atoms with Gasteiger partial charge in [0.05, 0.1) is 11.7 Å². The van der Waals surface area contributed by atoms with E-state index in [9.17, 15) is 9.90 Å². The van der Waals surface area contributed by atoms with Gasteiger partial charge in [0.25, 0.3) is 5.91 Å². The lowest BCUT2D eigenvalue weighted by molar-refractivity contribution is 0.0868. The quantitative estimate of drug-likeness (QED) is 0.891. The zero-order chi connectivity index (χ0) is 14.6. The highest BCUT2D eigenvalue weighted by molar-refractivity contribution is 9.10. The van der Waals surface area contributed by atoms with E-state index in [0.717, 1.165) is 10.0 Å². The van der Waals surface area contributed by atoms with E-state index >= 15 is 0 Å². The number of hydrogen-bond donors (Lipinski definition) is 2. The van der Waals surface area contributed by atoms with E-state index in [1.807, 2.05) is 25.1 Å². The largest absolute Gasteiger partial charge is 0.391 e. The Bertz CT molecular complexity index is 452. The summed E-state index contributed by atoms with van der Waals surface area (Å²) in [5, 5.41) is 12.6. The summed E-state index contributed by atoms with van der Waals surface area (Å²) in [6.45, 7) is 8.41. The lowest BCUT2D eigenvalue weighted by Gasteiger charge is -2.22. The Morgan fingerprint density at radius 1 is 1.42 bits per heavy atom. The normalized spacial score (nSPS) is 13.2. The molecule has 0 spiro atoms. The molecule has 0 aliphatic heterocycles. The molecule has 0 aliphatic carbocycles. The first-order valence-electron chi connectivity index (χ1n) is 6.41. The van der Waals surface area contributed by atoms with Crippen molar-refractivity contribution in [3.05, 3.63) is 33.8 Å². The topological polar surface area (TPSA) is 49.3 Å². The van der Waals surface area contributed by atoms with Gasteiger partial charge in [0.1, 0.15) is 0 Å². The Kier molecular flexibility index (Phi) is 5.56. The van der Waals surface area contributed by atoms with Crippen LogP contribution in [-0.4, -0.2) is 23.7 Å². The fourth-order valence-electron chi connectivity index (χ4n) is 1.90. The molecule has 0 bridgehead atoms. The van der Waals surface area contributed by atoms with Gasteiger partial charge in [-0.25, -0.2) is 0 Å². The molecule has 0 saturated carbocycles. The summed E-state index contributed by atoms with van der Waals surface area (Å²) in [6, 6.07) is 5.63. The first-order valence-corrected chi connectivity index (χ1v) is 7.21. The molecule has 1 aromatic rings. The van der Waals surface area contributed by atoms with E-state index in [1.165, 1.54) is 0 Å². The van der Waals surface area contributed by atoms with Crippen LogP contribution in [0, 0.1) is 12.3 Å². The van der Waals surface area contributed by atoms with E-state index in [-0.39, 0.29) is 17.9 Å². The maximum atomic E-state index is 12.0. The highest BCUT2D eigenvalue weighted by Crippen LogP contribution is 2.21. The first kappa shape index (κ1) is 16.2. The number of carbonyl (C=O) groups excluding carboxylic acids is 1. The molecule has 1 rings (SSSR count). The number of aryl methyl sites for hydroxylation is 1. The second-order valence-electron chi connectivity index (χ2n) is 6.11. The Morgan fingerprint density at radius 3 is 2.63 bits per heavy atom. The predicted octanol–water partition coefficient (Wildman–Crippen LogP) is 3.28. The van der Waals surface area contributed by atoms with Crippen LogP contribution in [0.2, 0.25) is 0 Å². The first-order chi connectivity index (χ1) is 8.69. The van der Waals surface area contributed by atoms with Crippen molar-refractivity contribution in [2.75, 3.05) is 6.54 Å². The molecule has 2 N–H and O–H groups in total. The van der Waals surface area contributed by atoms with E-state index in [4.69, 9.17) is 0 Å². The van der Waals surface area contributed by atoms with Crippen LogP contribution in [0.1, 0.15) is 43.1 Å². The van der Waals surface area contributed by atoms with Gasteiger partial charge in [-0.3, -0.25) is 4.79 Å². The maximum absolute atomic E-state index is 12.0. The van der Waals surface area contributed by atoms with Crippen molar-refractivity contribution >= 4 is 21.8 Å². The van der Waals surface area contributed by atoms with Crippen LogP contribution in [0.3, 0.4) is 0 Å². The van der Waals surface area contributed by atoms with Gasteiger partial charge in [-0.15, -0.1) is 0 Å². The lowest BCUT2D eigenvalue weighted by Crippen LogP contribution is -2.34. The molecule has 0 aliphatic rings. The standard InChI is InChI=1S/C15H22BrNO2/c1-10-5-6-13(16)12(7-10)14(19)17-9-11(18)8-15(2,3)4/h5-7,11,18H,8-9H2,1-4H3,(H,17,19). The van der Waals surface area contributed by atoms with Crippen LogP contribution in [0.15, 0.2) is 22.7 Å². The Morgan fingerprint density at radius 2 is 2.05 bits per heavy atom. The summed E-state index contributed by atoms with van der Waals surface area (Å²) in [5.41, 5.74) is 1.68. The molecular formula is C15H22BrNO2. The molecular weight excluding hydrogens is 306 g/mol. The number of hydrogen-bond acceptors (Lipinski definition) is 2. The van der Waals surface area contributed by atoms with Gasteiger partial charge < -0.3 is 10.4 Å². The summed E-state index contributed by atoms with van der Waals surface area (Å²) in [6.07, 6.45) is 0.134. The molecule has 0 fully saturated rings. The number of amides is 1. The number of rotatable bonds is 4. The molecule has 1 aromatic carbocycles. The fourth-order valence-corrected chi connectivity index (χ4v) is 2.32. The number of carbonyl (C=O) groups is 1. The number of halogens is 1. The Balaban J connectivity index is 2.58. The summed E-state index contributed by atoms with van der Waals surface area (Å²) < 4.78 is 0.765. The van der Waals surface area contributed by atoms with Crippen LogP contribution < -0.4 is 5.32 Å². The van der Waals surface area contributed by atoms with Crippen molar-refractivity contribution in [3.63, 3.8) is 0 Å². The fraction of sp³-hybridized carbons (Fsp3) is 0.533. The SMILES string of the molecule is Cc1ccc(Br)c(C(=O)NCC(O)CC(C)(C)C)c1. The minimum atomic E-state index is -0.521. The van der Waals surface area contributed by atoms with E-state index in [1.54, 1.807) is 0 Å². The van der Waals surface area contributed by atoms with Gasteiger partial charge >= 0.3 is 0 Å². The summed E-state index contributed by atoms with van der Waals surface area (Å²) in [4.78, 5) is 12.0. The molecule has 4 heteroatoms. The monoisotopic (exact) mass is 327 g/mol. The van der Waals surface area contributed by atoms with Gasteiger partial charge in [-0.1, -0.05) is 32.4 Å². The average Bonchev–Trinajstić information content (AvgIpc) is 2.27. The smallest absolute Gasteiger partial charge is 0.252 e. The van der Waals surface area contributed by atoms with Gasteiger partial charge in [-0.05, 0) is 46.8 Å². The molecule has 0 heterocycles. The second kappa shape index (κ2) is 6.53. The van der Waals surface area contributed by atoms with Crippen LogP contribution in [0.25, 0.3) is 0 Å². The second-order valence-corrected chi connectivity index (χ2v) is 6.97. The van der Waals surface area contributed by atoms with Gasteiger partial charge in [0.15, 0.2) is 0 Å². The van der Waals surface area contributed by atoms with Crippen LogP contribution in [0.4, 0.5) is 0 Å². The Labute approximate surface area is 123 Å². The van der Waals surface area contributed by atoms with Crippen molar-refractivity contribution in [3.8, 4) is 0 Å². The van der Waals surface area contributed by atoms with Crippen molar-refractivity contribution in [1.82, 2.24) is 5.32 Å². The third-order valence-electron chi connectivity index (χ3n) is 2.71. The van der Waals surface area contributed by atoms with Crippen molar-refractivity contribution in [2.24, 2.45) is 5.41 Å². The third kappa shape index (κ3) is 5.74. The molecule has 1 atom stereocenters. The van der Waals surface area contributed by atoms with E-state index in [0.29, 0.717) is 12.0 Å². The van der Waals surface area contributed by atoms with Gasteiger partial charge in [0.2, 0.25) is 0 Å². The van der Waals surface area contributed by atoms with Crippen molar-refractivity contribution in [1.29, 1.82) is 0 Å². The van der Waals surface area contributed by atoms with Gasteiger partial charge in [-0.2, -0.15) is 0 Å². The maximum Gasteiger partial charge on any atom is 0.252 e. The third-order valence-corrected chi connectivity index (χ3v) is 3.40. The molecule has 0 radical (unpaired) electrons. The van der Waals surface area contributed by atoms with Crippen molar-refractivity contribution in [2.45, 2.75) is 40.2 Å². The lowest BCUT2D eigenvalue weighted by atomic mass is 9.89. The minimum absolute atomic E-state index is 0.0497. The zero-order valence-corrected chi connectivity index (χ0v) is 13.5. The van der Waals surface area contributed by atoms with Crippen molar-refractivity contribution < 1.29 is 9.90 Å². The molecule has 0 aromatic heterocycles. The van der Waals surface area contributed by atoms with Gasteiger partial charge in [0, 0.05) is 11.0 Å². The van der Waals surface area contributed by atoms with E-state index < -0.39 is 6.10 Å².